The first-order valence-electron chi connectivity index (χ1n) is 9.61. The van der Waals surface area contributed by atoms with Gasteiger partial charge in [0, 0.05) is 16.2 Å². The summed E-state index contributed by atoms with van der Waals surface area (Å²) in [6.45, 7) is 6.08. The Hall–Kier alpha value is -3.06. The summed E-state index contributed by atoms with van der Waals surface area (Å²) in [5.41, 5.74) is 2.24. The fraction of sp³-hybridized carbons (Fsp3) is 0.261. The van der Waals surface area contributed by atoms with Crippen LogP contribution in [-0.4, -0.2) is 40.7 Å². The third-order valence-electron chi connectivity index (χ3n) is 5.21. The maximum atomic E-state index is 12.7. The average Bonchev–Trinajstić information content (AvgIpc) is 2.96. The Kier molecular flexibility index (Phi) is 4.94. The second-order valence-electron chi connectivity index (χ2n) is 7.68. The van der Waals surface area contributed by atoms with Gasteiger partial charge >= 0.3 is 5.97 Å². The zero-order chi connectivity index (χ0) is 21.6. The van der Waals surface area contributed by atoms with Crippen molar-refractivity contribution in [3.63, 3.8) is 0 Å². The second kappa shape index (κ2) is 7.32. The summed E-state index contributed by atoms with van der Waals surface area (Å²) >= 11 is 1.42. The molecule has 0 spiro atoms. The predicted molar refractivity (Wildman–Crippen MR) is 116 cm³/mol. The van der Waals surface area contributed by atoms with Crippen LogP contribution in [0.1, 0.15) is 47.1 Å². The minimum Gasteiger partial charge on any atom is -0.494 e. The van der Waals surface area contributed by atoms with Crippen molar-refractivity contribution in [2.45, 2.75) is 31.2 Å². The number of hydrogen-bond acceptors (Lipinski definition) is 5. The number of carbonyl (C=O) groups excluding carboxylic acids is 2. The van der Waals surface area contributed by atoms with Gasteiger partial charge in [-0.3, -0.25) is 14.5 Å². The summed E-state index contributed by atoms with van der Waals surface area (Å²) in [4.78, 5) is 39.1. The number of aromatic carboxylic acids is 1. The summed E-state index contributed by atoms with van der Waals surface area (Å²) in [5, 5.41) is 9.45. The van der Waals surface area contributed by atoms with Gasteiger partial charge in [-0.05, 0) is 50.6 Å². The fourth-order valence-corrected chi connectivity index (χ4v) is 5.03. The van der Waals surface area contributed by atoms with E-state index >= 15 is 0 Å². The van der Waals surface area contributed by atoms with Crippen LogP contribution in [0, 0.1) is 0 Å². The molecule has 0 atom stereocenters. The SMILES string of the molecule is CCOc1cc2c3c(c1)C(CSc1ccccc1C(=O)O)=CC(C)(C)N3C(=O)C2=O. The summed E-state index contributed by atoms with van der Waals surface area (Å²) in [5.74, 6) is -1.01. The van der Waals surface area contributed by atoms with Crippen molar-refractivity contribution in [1.29, 1.82) is 0 Å². The molecule has 0 saturated carbocycles. The highest BCUT2D eigenvalue weighted by Gasteiger charge is 2.47. The molecular weight excluding hydrogens is 402 g/mol. The van der Waals surface area contributed by atoms with Gasteiger partial charge in [0.15, 0.2) is 0 Å². The van der Waals surface area contributed by atoms with E-state index in [-0.39, 0.29) is 5.56 Å². The van der Waals surface area contributed by atoms with E-state index in [1.54, 1.807) is 35.2 Å². The van der Waals surface area contributed by atoms with Gasteiger partial charge in [-0.25, -0.2) is 4.79 Å². The van der Waals surface area contributed by atoms with E-state index in [0.29, 0.717) is 34.3 Å². The van der Waals surface area contributed by atoms with Crippen molar-refractivity contribution in [2.24, 2.45) is 0 Å². The Balaban J connectivity index is 1.79. The number of Topliss-reactive ketones (excluding diaryl/α,β-unsaturated/α-hetero) is 1. The van der Waals surface area contributed by atoms with E-state index in [9.17, 15) is 19.5 Å². The normalized spacial score (nSPS) is 16.4. The van der Waals surface area contributed by atoms with Crippen LogP contribution in [0.3, 0.4) is 0 Å². The summed E-state index contributed by atoms with van der Waals surface area (Å²) in [7, 11) is 0. The molecule has 0 aliphatic carbocycles. The fourth-order valence-electron chi connectivity index (χ4n) is 4.00. The highest BCUT2D eigenvalue weighted by molar-refractivity contribution is 7.99. The first-order chi connectivity index (χ1) is 14.2. The zero-order valence-corrected chi connectivity index (χ0v) is 17.7. The molecule has 6 nitrogen and oxygen atoms in total. The molecule has 0 radical (unpaired) electrons. The van der Waals surface area contributed by atoms with Gasteiger partial charge in [-0.15, -0.1) is 11.8 Å². The predicted octanol–water partition coefficient (Wildman–Crippen LogP) is 4.28. The van der Waals surface area contributed by atoms with Crippen molar-refractivity contribution < 1.29 is 24.2 Å². The molecule has 0 unspecified atom stereocenters. The number of hydrogen-bond donors (Lipinski definition) is 1. The largest absolute Gasteiger partial charge is 0.494 e. The zero-order valence-electron chi connectivity index (χ0n) is 16.9. The molecule has 1 amide bonds. The number of ether oxygens (including phenoxy) is 1. The highest BCUT2D eigenvalue weighted by atomic mass is 32.2. The van der Waals surface area contributed by atoms with Crippen molar-refractivity contribution >= 4 is 40.7 Å². The Morgan fingerprint density at radius 2 is 1.87 bits per heavy atom. The van der Waals surface area contributed by atoms with Crippen molar-refractivity contribution in [3.8, 4) is 5.75 Å². The molecule has 0 saturated heterocycles. The van der Waals surface area contributed by atoms with E-state index in [2.05, 4.69) is 0 Å². The van der Waals surface area contributed by atoms with Gasteiger partial charge in [0.25, 0.3) is 11.7 Å². The molecule has 0 bridgehead atoms. The molecule has 2 aromatic carbocycles. The molecule has 0 aromatic heterocycles. The van der Waals surface area contributed by atoms with Gasteiger partial charge in [0.05, 0.1) is 29.0 Å². The van der Waals surface area contributed by atoms with E-state index in [1.807, 2.05) is 32.9 Å². The number of carboxylic acid groups (broad SMARTS) is 1. The molecule has 0 fully saturated rings. The quantitative estimate of drug-likeness (QED) is 0.551. The van der Waals surface area contributed by atoms with Crippen LogP contribution in [-0.2, 0) is 4.79 Å². The third-order valence-corrected chi connectivity index (χ3v) is 6.33. The van der Waals surface area contributed by atoms with Crippen molar-refractivity contribution in [2.75, 3.05) is 17.3 Å². The number of anilines is 1. The molecule has 30 heavy (non-hydrogen) atoms. The van der Waals surface area contributed by atoms with Gasteiger partial charge in [0.1, 0.15) is 5.75 Å². The maximum Gasteiger partial charge on any atom is 0.336 e. The lowest BCUT2D eigenvalue weighted by molar-refractivity contribution is -0.115. The van der Waals surface area contributed by atoms with E-state index in [4.69, 9.17) is 4.74 Å². The van der Waals surface area contributed by atoms with E-state index < -0.39 is 23.2 Å². The van der Waals surface area contributed by atoms with Crippen LogP contribution in [0.4, 0.5) is 5.69 Å². The summed E-state index contributed by atoms with van der Waals surface area (Å²) < 4.78 is 5.64. The Bertz CT molecular complexity index is 1120. The molecule has 7 heteroatoms. The lowest BCUT2D eigenvalue weighted by Crippen LogP contribution is -2.47. The van der Waals surface area contributed by atoms with Crippen molar-refractivity contribution in [3.05, 3.63) is 59.2 Å². The van der Waals surface area contributed by atoms with Gasteiger partial charge in [-0.2, -0.15) is 0 Å². The first kappa shape index (κ1) is 20.2. The van der Waals surface area contributed by atoms with Gasteiger partial charge < -0.3 is 9.84 Å². The van der Waals surface area contributed by atoms with Crippen LogP contribution in [0.15, 0.2) is 47.4 Å². The van der Waals surface area contributed by atoms with Crippen LogP contribution < -0.4 is 9.64 Å². The number of carbonyl (C=O) groups is 3. The lowest BCUT2D eigenvalue weighted by Gasteiger charge is -2.39. The molecule has 4 rings (SSSR count). The standard InChI is InChI=1S/C23H21NO5S/c1-4-29-14-9-16-13(12-30-18-8-6-5-7-15(18)22(27)28)11-23(2,3)24-19(16)17(10-14)20(25)21(24)26/h5-11H,4,12H2,1-3H3,(H,27,28). The number of nitrogens with zero attached hydrogens (tertiary/aromatic N) is 1. The molecule has 2 aliphatic rings. The molecular formula is C23H21NO5S. The van der Waals surface area contributed by atoms with Crippen LogP contribution >= 0.6 is 11.8 Å². The van der Waals surface area contributed by atoms with E-state index in [1.165, 1.54) is 11.8 Å². The number of carboxylic acids is 1. The highest BCUT2D eigenvalue weighted by Crippen LogP contribution is 2.48. The topological polar surface area (TPSA) is 83.9 Å². The minimum atomic E-state index is -0.974. The minimum absolute atomic E-state index is 0.249. The number of ketones is 1. The summed E-state index contributed by atoms with van der Waals surface area (Å²) in [6.07, 6.45) is 1.97. The molecule has 2 aromatic rings. The molecule has 1 N–H and O–H groups in total. The van der Waals surface area contributed by atoms with Crippen LogP contribution in [0.2, 0.25) is 0 Å². The van der Waals surface area contributed by atoms with Crippen LogP contribution in [0.5, 0.6) is 5.75 Å². The molecule has 154 valence electrons. The smallest absolute Gasteiger partial charge is 0.336 e. The van der Waals surface area contributed by atoms with Crippen molar-refractivity contribution in [1.82, 2.24) is 0 Å². The summed E-state index contributed by atoms with van der Waals surface area (Å²) in [6, 6.07) is 10.4. The lowest BCUT2D eigenvalue weighted by atomic mass is 9.89. The first-order valence-corrected chi connectivity index (χ1v) is 10.6. The average molecular weight is 423 g/mol. The Morgan fingerprint density at radius 1 is 1.17 bits per heavy atom. The second-order valence-corrected chi connectivity index (χ2v) is 8.70. The van der Waals surface area contributed by atoms with Gasteiger partial charge in [-0.1, -0.05) is 18.2 Å². The molecule has 2 aliphatic heterocycles. The van der Waals surface area contributed by atoms with E-state index in [0.717, 1.165) is 11.1 Å². The van der Waals surface area contributed by atoms with Crippen LogP contribution in [0.25, 0.3) is 5.57 Å². The maximum absolute atomic E-state index is 12.7. The third kappa shape index (κ3) is 3.19. The Morgan fingerprint density at radius 3 is 2.57 bits per heavy atom. The molecule has 2 heterocycles. The number of rotatable bonds is 6. The number of amides is 1. The monoisotopic (exact) mass is 423 g/mol. The number of thioether (sulfide) groups is 1. The van der Waals surface area contributed by atoms with Gasteiger partial charge in [0.2, 0.25) is 0 Å². The number of benzene rings is 2. The Labute approximate surface area is 178 Å².